The van der Waals surface area contributed by atoms with Crippen molar-refractivity contribution in [1.29, 1.82) is 0 Å². The Bertz CT molecular complexity index is 424. The van der Waals surface area contributed by atoms with Crippen molar-refractivity contribution in [3.63, 3.8) is 0 Å². The molecule has 1 atom stereocenters. The summed E-state index contributed by atoms with van der Waals surface area (Å²) >= 11 is 0. The molecule has 1 aromatic rings. The molecule has 0 fully saturated rings. The molecule has 106 valence electrons. The third-order valence-electron chi connectivity index (χ3n) is 3.11. The molecular weight excluding hydrogens is 242 g/mol. The van der Waals surface area contributed by atoms with E-state index < -0.39 is 5.97 Å². The number of rotatable bonds is 6. The van der Waals surface area contributed by atoms with Crippen LogP contribution in [0.1, 0.15) is 32.8 Å². The van der Waals surface area contributed by atoms with Gasteiger partial charge in [0.1, 0.15) is 5.75 Å². The van der Waals surface area contributed by atoms with E-state index in [0.29, 0.717) is 6.54 Å². The fourth-order valence-corrected chi connectivity index (χ4v) is 1.88. The fourth-order valence-electron chi connectivity index (χ4n) is 1.88. The average molecular weight is 265 g/mol. The Morgan fingerprint density at radius 3 is 2.63 bits per heavy atom. The Kier molecular flexibility index (Phi) is 5.36. The van der Waals surface area contributed by atoms with Crippen molar-refractivity contribution in [2.75, 3.05) is 7.11 Å². The van der Waals surface area contributed by atoms with Gasteiger partial charge in [-0.3, -0.25) is 4.79 Å². The molecule has 0 aromatic heterocycles. The first-order chi connectivity index (χ1) is 8.82. The standard InChI is InChI=1S/C15H23NO3/c1-15(2,3)13(9-14(17)18)16-10-11-6-5-7-12(8-11)19-4/h5-8,13,16H,9-10H2,1-4H3,(H,17,18). The number of methoxy groups -OCH3 is 1. The highest BCUT2D eigenvalue weighted by molar-refractivity contribution is 5.67. The predicted molar refractivity (Wildman–Crippen MR) is 75.3 cm³/mol. The van der Waals surface area contributed by atoms with E-state index in [1.165, 1.54) is 0 Å². The molecule has 0 bridgehead atoms. The number of ether oxygens (including phenoxy) is 1. The number of nitrogens with one attached hydrogen (secondary N) is 1. The predicted octanol–water partition coefficient (Wildman–Crippen LogP) is 2.67. The third kappa shape index (κ3) is 5.30. The maximum absolute atomic E-state index is 10.9. The second-order valence-electron chi connectivity index (χ2n) is 5.75. The van der Waals surface area contributed by atoms with Crippen LogP contribution in [0, 0.1) is 5.41 Å². The zero-order valence-electron chi connectivity index (χ0n) is 12.1. The van der Waals surface area contributed by atoms with Crippen molar-refractivity contribution in [2.45, 2.75) is 39.8 Å². The maximum atomic E-state index is 10.9. The van der Waals surface area contributed by atoms with Gasteiger partial charge in [-0.15, -0.1) is 0 Å². The van der Waals surface area contributed by atoms with E-state index in [4.69, 9.17) is 9.84 Å². The van der Waals surface area contributed by atoms with Crippen LogP contribution in [0.2, 0.25) is 0 Å². The van der Waals surface area contributed by atoms with Crippen LogP contribution in [0.3, 0.4) is 0 Å². The second kappa shape index (κ2) is 6.57. The van der Waals surface area contributed by atoms with Gasteiger partial charge in [-0.05, 0) is 23.1 Å². The molecule has 2 N–H and O–H groups in total. The summed E-state index contributed by atoms with van der Waals surface area (Å²) in [6.07, 6.45) is 0.119. The summed E-state index contributed by atoms with van der Waals surface area (Å²) in [5.74, 6) is 0.0305. The van der Waals surface area contributed by atoms with Crippen LogP contribution >= 0.6 is 0 Å². The Hall–Kier alpha value is -1.55. The molecule has 0 aliphatic carbocycles. The topological polar surface area (TPSA) is 58.6 Å². The van der Waals surface area contributed by atoms with Crippen molar-refractivity contribution in [3.8, 4) is 5.75 Å². The van der Waals surface area contributed by atoms with Crippen LogP contribution in [-0.4, -0.2) is 24.2 Å². The molecule has 4 nitrogen and oxygen atoms in total. The molecular formula is C15H23NO3. The van der Waals surface area contributed by atoms with E-state index in [0.717, 1.165) is 11.3 Å². The number of aliphatic carboxylic acids is 1. The molecule has 4 heteroatoms. The van der Waals surface area contributed by atoms with Gasteiger partial charge >= 0.3 is 5.97 Å². The van der Waals surface area contributed by atoms with Crippen molar-refractivity contribution < 1.29 is 14.6 Å². The summed E-state index contributed by atoms with van der Waals surface area (Å²) in [5.41, 5.74) is 0.982. The number of carboxylic acids is 1. The SMILES string of the molecule is COc1cccc(CNC(CC(=O)O)C(C)(C)C)c1. The molecule has 0 aliphatic heterocycles. The highest BCUT2D eigenvalue weighted by Crippen LogP contribution is 2.22. The van der Waals surface area contributed by atoms with Crippen LogP contribution in [-0.2, 0) is 11.3 Å². The van der Waals surface area contributed by atoms with E-state index in [-0.39, 0.29) is 17.9 Å². The average Bonchev–Trinajstić information content (AvgIpc) is 2.33. The van der Waals surface area contributed by atoms with Gasteiger partial charge in [0.2, 0.25) is 0 Å². The Morgan fingerprint density at radius 2 is 2.11 bits per heavy atom. The Labute approximate surface area is 114 Å². The molecule has 0 amide bonds. The van der Waals surface area contributed by atoms with E-state index in [1.807, 2.05) is 45.0 Å². The van der Waals surface area contributed by atoms with Crippen LogP contribution in [0.5, 0.6) is 5.75 Å². The number of carboxylic acid groups (broad SMARTS) is 1. The molecule has 1 unspecified atom stereocenters. The molecule has 0 saturated carbocycles. The van der Waals surface area contributed by atoms with Crippen molar-refractivity contribution in [1.82, 2.24) is 5.32 Å². The molecule has 0 heterocycles. The molecule has 1 rings (SSSR count). The molecule has 0 saturated heterocycles. The third-order valence-corrected chi connectivity index (χ3v) is 3.11. The zero-order valence-corrected chi connectivity index (χ0v) is 12.1. The van der Waals surface area contributed by atoms with Gasteiger partial charge in [0.25, 0.3) is 0 Å². The first-order valence-electron chi connectivity index (χ1n) is 6.41. The van der Waals surface area contributed by atoms with Crippen molar-refractivity contribution in [3.05, 3.63) is 29.8 Å². The summed E-state index contributed by atoms with van der Waals surface area (Å²) < 4.78 is 5.17. The van der Waals surface area contributed by atoms with Crippen LogP contribution in [0.25, 0.3) is 0 Å². The van der Waals surface area contributed by atoms with E-state index in [1.54, 1.807) is 7.11 Å². The first kappa shape index (κ1) is 15.5. The monoisotopic (exact) mass is 265 g/mol. The summed E-state index contributed by atoms with van der Waals surface area (Å²) in [6, 6.07) is 7.70. The smallest absolute Gasteiger partial charge is 0.304 e. The Morgan fingerprint density at radius 1 is 1.42 bits per heavy atom. The summed E-state index contributed by atoms with van der Waals surface area (Å²) in [6.45, 7) is 6.75. The summed E-state index contributed by atoms with van der Waals surface area (Å²) in [7, 11) is 1.63. The van der Waals surface area contributed by atoms with Crippen molar-refractivity contribution in [2.24, 2.45) is 5.41 Å². The highest BCUT2D eigenvalue weighted by Gasteiger charge is 2.26. The number of hydrogen-bond acceptors (Lipinski definition) is 3. The van der Waals surface area contributed by atoms with Crippen molar-refractivity contribution >= 4 is 5.97 Å². The van der Waals surface area contributed by atoms with Gasteiger partial charge in [0.05, 0.1) is 13.5 Å². The highest BCUT2D eigenvalue weighted by atomic mass is 16.5. The number of benzene rings is 1. The zero-order chi connectivity index (χ0) is 14.5. The maximum Gasteiger partial charge on any atom is 0.304 e. The molecule has 0 radical (unpaired) electrons. The lowest BCUT2D eigenvalue weighted by atomic mass is 9.84. The van der Waals surface area contributed by atoms with Crippen LogP contribution in [0.4, 0.5) is 0 Å². The fraction of sp³-hybridized carbons (Fsp3) is 0.533. The van der Waals surface area contributed by atoms with E-state index in [2.05, 4.69) is 5.32 Å². The largest absolute Gasteiger partial charge is 0.497 e. The number of hydrogen-bond donors (Lipinski definition) is 2. The van der Waals surface area contributed by atoms with E-state index in [9.17, 15) is 4.79 Å². The second-order valence-corrected chi connectivity index (χ2v) is 5.75. The number of carbonyl (C=O) groups is 1. The van der Waals surface area contributed by atoms with Gasteiger partial charge in [-0.1, -0.05) is 32.9 Å². The minimum absolute atomic E-state index is 0.0730. The lowest BCUT2D eigenvalue weighted by Crippen LogP contribution is -2.41. The van der Waals surface area contributed by atoms with Gasteiger partial charge in [0, 0.05) is 12.6 Å². The first-order valence-corrected chi connectivity index (χ1v) is 6.41. The van der Waals surface area contributed by atoms with Gasteiger partial charge in [-0.2, -0.15) is 0 Å². The summed E-state index contributed by atoms with van der Waals surface area (Å²) in [5, 5.41) is 12.3. The minimum atomic E-state index is -0.780. The molecule has 1 aromatic carbocycles. The summed E-state index contributed by atoms with van der Waals surface area (Å²) in [4.78, 5) is 10.9. The quantitative estimate of drug-likeness (QED) is 0.830. The Balaban J connectivity index is 2.67. The van der Waals surface area contributed by atoms with Gasteiger partial charge in [0.15, 0.2) is 0 Å². The normalized spacial score (nSPS) is 13.1. The van der Waals surface area contributed by atoms with Gasteiger partial charge in [-0.25, -0.2) is 0 Å². The molecule has 19 heavy (non-hydrogen) atoms. The molecule has 0 aliphatic rings. The lowest BCUT2D eigenvalue weighted by molar-refractivity contribution is -0.138. The lowest BCUT2D eigenvalue weighted by Gasteiger charge is -2.30. The molecule has 0 spiro atoms. The van der Waals surface area contributed by atoms with Crippen LogP contribution in [0.15, 0.2) is 24.3 Å². The minimum Gasteiger partial charge on any atom is -0.497 e. The van der Waals surface area contributed by atoms with E-state index >= 15 is 0 Å². The van der Waals surface area contributed by atoms with Crippen LogP contribution < -0.4 is 10.1 Å². The van der Waals surface area contributed by atoms with Gasteiger partial charge < -0.3 is 15.2 Å².